The lowest BCUT2D eigenvalue weighted by Gasteiger charge is -2.29. The van der Waals surface area contributed by atoms with E-state index in [1.807, 2.05) is 0 Å². The van der Waals surface area contributed by atoms with Crippen LogP contribution in [0.1, 0.15) is 31.2 Å². The number of aliphatic hydroxyl groups is 1. The van der Waals surface area contributed by atoms with Gasteiger partial charge in [0, 0.05) is 18.0 Å². The maximum absolute atomic E-state index is 12.8. The van der Waals surface area contributed by atoms with Gasteiger partial charge < -0.3 is 15.2 Å². The van der Waals surface area contributed by atoms with Gasteiger partial charge in [-0.2, -0.15) is 13.2 Å². The van der Waals surface area contributed by atoms with Crippen LogP contribution in [-0.4, -0.2) is 30.4 Å². The number of alkyl halides is 3. The summed E-state index contributed by atoms with van der Waals surface area (Å²) < 4.78 is 43.9. The zero-order valence-corrected chi connectivity index (χ0v) is 13.3. The molecule has 1 aliphatic carbocycles. The number of aliphatic hydroxyl groups excluding tert-OH is 1. The molecule has 0 saturated heterocycles. The van der Waals surface area contributed by atoms with Crippen molar-refractivity contribution in [3.05, 3.63) is 29.8 Å². The number of hydrogen-bond donors (Lipinski definition) is 2. The lowest BCUT2D eigenvalue weighted by molar-refractivity contribution is -0.186. The van der Waals surface area contributed by atoms with Gasteiger partial charge >= 0.3 is 6.18 Å². The molecule has 2 atom stereocenters. The monoisotopic (exact) mass is 345 g/mol. The molecular formula is C17H22F3NO3. The Morgan fingerprint density at radius 1 is 1.29 bits per heavy atom. The van der Waals surface area contributed by atoms with Gasteiger partial charge in [-0.1, -0.05) is 24.6 Å². The minimum absolute atomic E-state index is 0.102. The minimum atomic E-state index is -4.23. The third-order valence-corrected chi connectivity index (χ3v) is 4.28. The van der Waals surface area contributed by atoms with Gasteiger partial charge in [0.15, 0.2) is 0 Å². The zero-order valence-electron chi connectivity index (χ0n) is 13.3. The number of amides is 1. The summed E-state index contributed by atoms with van der Waals surface area (Å²) in [5, 5.41) is 11.5. The van der Waals surface area contributed by atoms with Crippen molar-refractivity contribution in [2.45, 2.75) is 38.4 Å². The Hall–Kier alpha value is -1.76. The van der Waals surface area contributed by atoms with Crippen LogP contribution in [0.25, 0.3) is 0 Å². The molecule has 1 aromatic rings. The largest absolute Gasteiger partial charge is 0.491 e. The van der Waals surface area contributed by atoms with Crippen molar-refractivity contribution in [2.75, 3.05) is 13.2 Å². The van der Waals surface area contributed by atoms with Crippen LogP contribution in [0.5, 0.6) is 5.75 Å². The second kappa shape index (κ2) is 8.37. The summed E-state index contributed by atoms with van der Waals surface area (Å²) >= 11 is 0. The third kappa shape index (κ3) is 5.12. The number of carbonyl (C=O) groups is 1. The van der Waals surface area contributed by atoms with Crippen molar-refractivity contribution in [3.8, 4) is 5.75 Å². The number of rotatable bonds is 6. The number of ether oxygens (including phenoxy) is 1. The Balaban J connectivity index is 1.91. The summed E-state index contributed by atoms with van der Waals surface area (Å²) in [4.78, 5) is 12.2. The molecule has 2 rings (SSSR count). The fraction of sp³-hybridized carbons (Fsp3) is 0.588. The molecule has 1 saturated carbocycles. The van der Waals surface area contributed by atoms with E-state index >= 15 is 0 Å². The van der Waals surface area contributed by atoms with E-state index in [0.29, 0.717) is 18.6 Å². The molecule has 134 valence electrons. The quantitative estimate of drug-likeness (QED) is 0.833. The second-order valence-electron chi connectivity index (χ2n) is 6.00. The summed E-state index contributed by atoms with van der Waals surface area (Å²) in [7, 11) is 0. The van der Waals surface area contributed by atoms with Gasteiger partial charge in [0.25, 0.3) is 0 Å². The summed E-state index contributed by atoms with van der Waals surface area (Å²) in [5.41, 5.74) is 0.725. The first-order chi connectivity index (χ1) is 11.4. The molecule has 7 heteroatoms. The van der Waals surface area contributed by atoms with Crippen molar-refractivity contribution in [1.29, 1.82) is 0 Å². The topological polar surface area (TPSA) is 58.6 Å². The molecule has 2 N–H and O–H groups in total. The molecule has 1 amide bonds. The highest BCUT2D eigenvalue weighted by Gasteiger charge is 2.43. The number of para-hydroxylation sites is 1. The minimum Gasteiger partial charge on any atom is -0.491 e. The number of hydrogen-bond acceptors (Lipinski definition) is 3. The van der Waals surface area contributed by atoms with Crippen molar-refractivity contribution < 1.29 is 27.8 Å². The summed E-state index contributed by atoms with van der Waals surface area (Å²) in [6.45, 7) is 0.204. The average molecular weight is 345 g/mol. The molecular weight excluding hydrogens is 323 g/mol. The first-order valence-electron chi connectivity index (χ1n) is 8.07. The summed E-state index contributed by atoms with van der Waals surface area (Å²) in [5.74, 6) is -1.79. The Morgan fingerprint density at radius 2 is 2.04 bits per heavy atom. The van der Waals surface area contributed by atoms with E-state index in [2.05, 4.69) is 5.32 Å². The maximum atomic E-state index is 12.8. The van der Waals surface area contributed by atoms with Gasteiger partial charge in [0.2, 0.25) is 5.91 Å². The number of halogens is 3. The fourth-order valence-electron chi connectivity index (χ4n) is 3.00. The molecule has 1 aromatic carbocycles. The molecule has 0 aromatic heterocycles. The van der Waals surface area contributed by atoms with E-state index in [1.165, 1.54) is 0 Å². The average Bonchev–Trinajstić information content (AvgIpc) is 2.58. The summed E-state index contributed by atoms with van der Waals surface area (Å²) in [6, 6.07) is 7.05. The van der Waals surface area contributed by atoms with Gasteiger partial charge in [-0.05, 0) is 25.3 Å². The van der Waals surface area contributed by atoms with Gasteiger partial charge in [-0.3, -0.25) is 4.79 Å². The van der Waals surface area contributed by atoms with Crippen LogP contribution >= 0.6 is 0 Å². The van der Waals surface area contributed by atoms with Gasteiger partial charge in [0.1, 0.15) is 12.4 Å². The van der Waals surface area contributed by atoms with Gasteiger partial charge in [-0.15, -0.1) is 0 Å². The lowest BCUT2D eigenvalue weighted by Crippen LogP contribution is -2.37. The normalized spacial score (nSPS) is 21.3. The first-order valence-corrected chi connectivity index (χ1v) is 8.07. The molecule has 0 heterocycles. The molecule has 2 unspecified atom stereocenters. The molecule has 24 heavy (non-hydrogen) atoms. The van der Waals surface area contributed by atoms with E-state index < -0.39 is 18.0 Å². The molecule has 0 spiro atoms. The molecule has 4 nitrogen and oxygen atoms in total. The van der Waals surface area contributed by atoms with Gasteiger partial charge in [-0.25, -0.2) is 0 Å². The molecule has 1 fully saturated rings. The fourth-order valence-corrected chi connectivity index (χ4v) is 3.00. The highest BCUT2D eigenvalue weighted by Crippen LogP contribution is 2.39. The van der Waals surface area contributed by atoms with E-state index in [0.717, 1.165) is 5.56 Å². The Labute approximate surface area is 139 Å². The molecule has 1 aliphatic rings. The van der Waals surface area contributed by atoms with Crippen molar-refractivity contribution >= 4 is 5.91 Å². The zero-order chi connectivity index (χ0) is 17.6. The first kappa shape index (κ1) is 18.6. The predicted octanol–water partition coefficient (Wildman–Crippen LogP) is 3.04. The van der Waals surface area contributed by atoms with Crippen molar-refractivity contribution in [2.24, 2.45) is 11.8 Å². The smallest absolute Gasteiger partial charge is 0.391 e. The Kier molecular flexibility index (Phi) is 6.48. The van der Waals surface area contributed by atoms with Crippen LogP contribution in [0.2, 0.25) is 0 Å². The Morgan fingerprint density at radius 3 is 2.75 bits per heavy atom. The lowest BCUT2D eigenvalue weighted by atomic mass is 9.80. The van der Waals surface area contributed by atoms with E-state index in [4.69, 9.17) is 9.84 Å². The summed E-state index contributed by atoms with van der Waals surface area (Å²) in [6.07, 6.45) is -3.37. The van der Waals surface area contributed by atoms with Crippen LogP contribution in [0.15, 0.2) is 24.3 Å². The highest BCUT2D eigenvalue weighted by atomic mass is 19.4. The molecule has 0 radical (unpaired) electrons. The molecule has 0 aliphatic heterocycles. The van der Waals surface area contributed by atoms with Crippen LogP contribution in [0.3, 0.4) is 0 Å². The second-order valence-corrected chi connectivity index (χ2v) is 6.00. The van der Waals surface area contributed by atoms with Crippen LogP contribution in [0.4, 0.5) is 13.2 Å². The van der Waals surface area contributed by atoms with Gasteiger partial charge in [0.05, 0.1) is 12.5 Å². The number of carbonyl (C=O) groups excluding carboxylic acids is 1. The molecule has 0 bridgehead atoms. The van der Waals surface area contributed by atoms with Crippen molar-refractivity contribution in [1.82, 2.24) is 5.32 Å². The SMILES string of the molecule is O=C(NCc1ccccc1OCCO)C1CCCC(C(F)(F)F)C1. The third-order valence-electron chi connectivity index (χ3n) is 4.28. The number of benzene rings is 1. The van der Waals surface area contributed by atoms with E-state index in [1.54, 1.807) is 24.3 Å². The maximum Gasteiger partial charge on any atom is 0.391 e. The van der Waals surface area contributed by atoms with Crippen LogP contribution in [-0.2, 0) is 11.3 Å². The van der Waals surface area contributed by atoms with Crippen molar-refractivity contribution in [3.63, 3.8) is 0 Å². The van der Waals surface area contributed by atoms with Crippen LogP contribution < -0.4 is 10.1 Å². The highest BCUT2D eigenvalue weighted by molar-refractivity contribution is 5.78. The van der Waals surface area contributed by atoms with E-state index in [-0.39, 0.29) is 38.5 Å². The van der Waals surface area contributed by atoms with E-state index in [9.17, 15) is 18.0 Å². The predicted molar refractivity (Wildman–Crippen MR) is 82.4 cm³/mol. The number of nitrogens with one attached hydrogen (secondary N) is 1. The van der Waals surface area contributed by atoms with Crippen LogP contribution in [0, 0.1) is 11.8 Å². The standard InChI is InChI=1S/C17H22F3NO3/c18-17(19,20)14-6-3-5-12(10-14)16(23)21-11-13-4-1-2-7-15(13)24-9-8-22/h1-2,4,7,12,14,22H,3,5-6,8-11H2,(H,21,23). The Bertz CT molecular complexity index is 548.